The minimum absolute atomic E-state index is 0.0914. The predicted molar refractivity (Wildman–Crippen MR) is 75.2 cm³/mol. The molecule has 5 nitrogen and oxygen atoms in total. The van der Waals surface area contributed by atoms with Gasteiger partial charge in [-0.2, -0.15) is 0 Å². The van der Waals surface area contributed by atoms with Crippen molar-refractivity contribution in [2.45, 2.75) is 25.8 Å². The molecule has 1 aromatic carbocycles. The van der Waals surface area contributed by atoms with Crippen molar-refractivity contribution in [3.05, 3.63) is 24.3 Å². The molecule has 1 heterocycles. The highest BCUT2D eigenvalue weighted by Gasteiger charge is 2.28. The number of hydrogen-bond donors (Lipinski definition) is 2. The van der Waals surface area contributed by atoms with Gasteiger partial charge in [-0.3, -0.25) is 9.59 Å². The Morgan fingerprint density at radius 3 is 2.89 bits per heavy atom. The molecule has 2 N–H and O–H groups in total. The van der Waals surface area contributed by atoms with Gasteiger partial charge >= 0.3 is 0 Å². The van der Waals surface area contributed by atoms with Crippen LogP contribution in [-0.4, -0.2) is 31.4 Å². The maximum absolute atomic E-state index is 12.3. The second-order valence-corrected chi connectivity index (χ2v) is 4.70. The third-order valence-corrected chi connectivity index (χ3v) is 3.27. The number of likely N-dealkylation sites (N-methyl/N-ethyl adjacent to an activating group) is 1. The summed E-state index contributed by atoms with van der Waals surface area (Å²) in [7, 11) is 1.81. The molecule has 0 aromatic heterocycles. The summed E-state index contributed by atoms with van der Waals surface area (Å²) in [4.78, 5) is 25.1. The molecule has 2 rings (SSSR count). The Morgan fingerprint density at radius 1 is 1.42 bits per heavy atom. The number of carbonyl (C=O) groups is 2. The van der Waals surface area contributed by atoms with Crippen LogP contribution in [0.4, 0.5) is 11.4 Å². The van der Waals surface area contributed by atoms with Gasteiger partial charge in [0, 0.05) is 24.8 Å². The maximum Gasteiger partial charge on any atom is 0.244 e. The number of amides is 2. The lowest BCUT2D eigenvalue weighted by Crippen LogP contribution is -2.49. The number of piperidine rings is 1. The molecule has 1 aromatic rings. The molecular formula is C14H19N3O2. The number of hydrogen-bond acceptors (Lipinski definition) is 3. The third-order valence-electron chi connectivity index (χ3n) is 3.27. The molecule has 1 unspecified atom stereocenters. The number of nitrogens with zero attached hydrogens (tertiary/aromatic N) is 1. The van der Waals surface area contributed by atoms with E-state index in [1.807, 2.05) is 24.3 Å². The molecule has 1 aliphatic rings. The summed E-state index contributed by atoms with van der Waals surface area (Å²) in [6.45, 7) is 2.19. The smallest absolute Gasteiger partial charge is 0.244 e. The van der Waals surface area contributed by atoms with Crippen LogP contribution in [0, 0.1) is 0 Å². The molecule has 0 aliphatic carbocycles. The van der Waals surface area contributed by atoms with Gasteiger partial charge in [-0.15, -0.1) is 0 Å². The average molecular weight is 261 g/mol. The summed E-state index contributed by atoms with van der Waals surface area (Å²) in [6, 6.07) is 7.27. The number of carbonyl (C=O) groups excluding carboxylic acids is 2. The Labute approximate surface area is 113 Å². The number of rotatable bonds is 3. The summed E-state index contributed by atoms with van der Waals surface area (Å²) in [5, 5.41) is 5.77. The van der Waals surface area contributed by atoms with Crippen LogP contribution in [0.2, 0.25) is 0 Å². The first-order valence-electron chi connectivity index (χ1n) is 6.48. The van der Waals surface area contributed by atoms with E-state index in [1.165, 1.54) is 6.92 Å². The van der Waals surface area contributed by atoms with Gasteiger partial charge < -0.3 is 15.5 Å². The Bertz CT molecular complexity index is 487. The standard InChI is InChI=1S/C14H19N3O2/c1-10(18)16-11-5-3-6-12(9-11)17-8-4-7-13(15-2)14(17)19/h3,5-6,9,13,15H,4,7-8H2,1-2H3,(H,16,18). The molecule has 1 saturated heterocycles. The van der Waals surface area contributed by atoms with Crippen LogP contribution in [0.15, 0.2) is 24.3 Å². The summed E-state index contributed by atoms with van der Waals surface area (Å²) < 4.78 is 0. The molecular weight excluding hydrogens is 242 g/mol. The van der Waals surface area contributed by atoms with E-state index in [1.54, 1.807) is 11.9 Å². The third kappa shape index (κ3) is 3.12. The average Bonchev–Trinajstić information content (AvgIpc) is 2.38. The monoisotopic (exact) mass is 261 g/mol. The highest BCUT2D eigenvalue weighted by molar-refractivity contribution is 5.98. The van der Waals surface area contributed by atoms with Crippen molar-refractivity contribution >= 4 is 23.2 Å². The second-order valence-electron chi connectivity index (χ2n) is 4.70. The Kier molecular flexibility index (Phi) is 4.16. The minimum Gasteiger partial charge on any atom is -0.326 e. The minimum atomic E-state index is -0.116. The quantitative estimate of drug-likeness (QED) is 0.863. The van der Waals surface area contributed by atoms with E-state index in [0.29, 0.717) is 5.69 Å². The second kappa shape index (κ2) is 5.84. The number of anilines is 2. The van der Waals surface area contributed by atoms with Crippen LogP contribution in [-0.2, 0) is 9.59 Å². The zero-order valence-electron chi connectivity index (χ0n) is 11.3. The van der Waals surface area contributed by atoms with Gasteiger partial charge in [0.25, 0.3) is 0 Å². The van der Waals surface area contributed by atoms with Gasteiger partial charge in [0.15, 0.2) is 0 Å². The van der Waals surface area contributed by atoms with Crippen molar-refractivity contribution in [1.82, 2.24) is 5.32 Å². The van der Waals surface area contributed by atoms with E-state index >= 15 is 0 Å². The topological polar surface area (TPSA) is 61.4 Å². The van der Waals surface area contributed by atoms with Crippen LogP contribution < -0.4 is 15.5 Å². The normalized spacial score (nSPS) is 19.4. The van der Waals surface area contributed by atoms with E-state index in [4.69, 9.17) is 0 Å². The molecule has 19 heavy (non-hydrogen) atoms. The Balaban J connectivity index is 2.21. The molecule has 0 saturated carbocycles. The van der Waals surface area contributed by atoms with Crippen molar-refractivity contribution in [3.63, 3.8) is 0 Å². The van der Waals surface area contributed by atoms with E-state index in [2.05, 4.69) is 10.6 Å². The zero-order valence-corrected chi connectivity index (χ0v) is 11.3. The summed E-state index contributed by atoms with van der Waals surface area (Å²) >= 11 is 0. The van der Waals surface area contributed by atoms with E-state index < -0.39 is 0 Å². The van der Waals surface area contributed by atoms with Crippen molar-refractivity contribution in [2.75, 3.05) is 23.8 Å². The lowest BCUT2D eigenvalue weighted by molar-refractivity contribution is -0.121. The molecule has 5 heteroatoms. The SMILES string of the molecule is CNC1CCCN(c2cccc(NC(C)=O)c2)C1=O. The Morgan fingerprint density at radius 2 is 2.21 bits per heavy atom. The molecule has 0 radical (unpaired) electrons. The van der Waals surface area contributed by atoms with Gasteiger partial charge in [-0.25, -0.2) is 0 Å². The van der Waals surface area contributed by atoms with Gasteiger partial charge in [-0.1, -0.05) is 6.07 Å². The van der Waals surface area contributed by atoms with Gasteiger partial charge in [0.05, 0.1) is 6.04 Å². The van der Waals surface area contributed by atoms with Crippen molar-refractivity contribution < 1.29 is 9.59 Å². The lowest BCUT2D eigenvalue weighted by atomic mass is 10.0. The molecule has 2 amide bonds. The van der Waals surface area contributed by atoms with Gasteiger partial charge in [-0.05, 0) is 38.1 Å². The molecule has 0 bridgehead atoms. The van der Waals surface area contributed by atoms with Crippen LogP contribution in [0.1, 0.15) is 19.8 Å². The molecule has 1 aliphatic heterocycles. The summed E-state index contributed by atoms with van der Waals surface area (Å²) in [5.41, 5.74) is 1.54. The van der Waals surface area contributed by atoms with Crippen LogP contribution in [0.5, 0.6) is 0 Å². The van der Waals surface area contributed by atoms with Crippen molar-refractivity contribution in [2.24, 2.45) is 0 Å². The first-order chi connectivity index (χ1) is 9.11. The van der Waals surface area contributed by atoms with E-state index in [0.717, 1.165) is 25.1 Å². The molecule has 1 atom stereocenters. The lowest BCUT2D eigenvalue weighted by Gasteiger charge is -2.32. The Hall–Kier alpha value is -1.88. The largest absolute Gasteiger partial charge is 0.326 e. The zero-order chi connectivity index (χ0) is 13.8. The summed E-state index contributed by atoms with van der Waals surface area (Å²) in [6.07, 6.45) is 1.85. The van der Waals surface area contributed by atoms with E-state index in [9.17, 15) is 9.59 Å². The number of benzene rings is 1. The predicted octanol–water partition coefficient (Wildman–Crippen LogP) is 1.36. The van der Waals surface area contributed by atoms with Crippen LogP contribution >= 0.6 is 0 Å². The molecule has 0 spiro atoms. The van der Waals surface area contributed by atoms with Gasteiger partial charge in [0.2, 0.25) is 11.8 Å². The number of nitrogens with one attached hydrogen (secondary N) is 2. The molecule has 102 valence electrons. The maximum atomic E-state index is 12.3. The fourth-order valence-electron chi connectivity index (χ4n) is 2.35. The van der Waals surface area contributed by atoms with Crippen LogP contribution in [0.3, 0.4) is 0 Å². The van der Waals surface area contributed by atoms with Crippen molar-refractivity contribution in [1.29, 1.82) is 0 Å². The fraction of sp³-hybridized carbons (Fsp3) is 0.429. The first kappa shape index (κ1) is 13.5. The van der Waals surface area contributed by atoms with Crippen LogP contribution in [0.25, 0.3) is 0 Å². The fourth-order valence-corrected chi connectivity index (χ4v) is 2.35. The highest BCUT2D eigenvalue weighted by atomic mass is 16.2. The van der Waals surface area contributed by atoms with Crippen molar-refractivity contribution in [3.8, 4) is 0 Å². The van der Waals surface area contributed by atoms with E-state index in [-0.39, 0.29) is 17.9 Å². The first-order valence-corrected chi connectivity index (χ1v) is 6.48. The summed E-state index contributed by atoms with van der Waals surface area (Å²) in [5.74, 6) is -0.0241. The molecule has 1 fully saturated rings. The highest BCUT2D eigenvalue weighted by Crippen LogP contribution is 2.24. The van der Waals surface area contributed by atoms with Gasteiger partial charge in [0.1, 0.15) is 0 Å².